The zero-order valence-electron chi connectivity index (χ0n) is 30.8. The van der Waals surface area contributed by atoms with E-state index in [1.54, 1.807) is 0 Å². The van der Waals surface area contributed by atoms with Crippen LogP contribution in [0.5, 0.6) is 0 Å². The van der Waals surface area contributed by atoms with Crippen molar-refractivity contribution < 1.29 is 19.2 Å². The van der Waals surface area contributed by atoms with E-state index in [0.29, 0.717) is 13.1 Å². The lowest BCUT2D eigenvalue weighted by Crippen LogP contribution is -2.30. The molecule has 6 nitrogen and oxygen atoms in total. The fourth-order valence-electron chi connectivity index (χ4n) is 8.09. The molecular weight excluding hydrogens is 596 g/mol. The minimum Gasteiger partial charge on any atom is -0.275 e. The third kappa shape index (κ3) is 14.5. The summed E-state index contributed by atoms with van der Waals surface area (Å²) in [6, 6.07) is 0. The van der Waals surface area contributed by atoms with Gasteiger partial charge in [-0.25, -0.2) is 0 Å². The Balaban J connectivity index is 1.50. The van der Waals surface area contributed by atoms with Crippen LogP contribution in [-0.4, -0.2) is 46.5 Å². The molecule has 1 aliphatic carbocycles. The predicted octanol–water partition coefficient (Wildman–Crippen LogP) is 10.6. The first-order valence-electron chi connectivity index (χ1n) is 20.2. The molecule has 0 aromatic rings. The Kier molecular flexibility index (Phi) is 19.8. The fraction of sp³-hybridized carbons (Fsp3) is 0.762. The van der Waals surface area contributed by atoms with Crippen LogP contribution in [0.15, 0.2) is 35.5 Å². The van der Waals surface area contributed by atoms with Crippen molar-refractivity contribution in [2.24, 2.45) is 11.8 Å². The van der Waals surface area contributed by atoms with Crippen LogP contribution in [0, 0.1) is 11.8 Å². The molecule has 0 aromatic carbocycles. The molecule has 2 heterocycles. The summed E-state index contributed by atoms with van der Waals surface area (Å²) >= 11 is 0. The number of imide groups is 2. The van der Waals surface area contributed by atoms with Crippen LogP contribution in [0.1, 0.15) is 181 Å². The van der Waals surface area contributed by atoms with Crippen LogP contribution in [0.4, 0.5) is 0 Å². The summed E-state index contributed by atoms with van der Waals surface area (Å²) in [4.78, 5) is 50.1. The molecule has 4 amide bonds. The maximum Gasteiger partial charge on any atom is 0.253 e. The van der Waals surface area contributed by atoms with Crippen molar-refractivity contribution in [2.45, 2.75) is 181 Å². The summed E-state index contributed by atoms with van der Waals surface area (Å²) in [5.74, 6) is 0.898. The van der Waals surface area contributed by atoms with Gasteiger partial charge < -0.3 is 0 Å². The lowest BCUT2D eigenvalue weighted by molar-refractivity contribution is -0.138. The van der Waals surface area contributed by atoms with Gasteiger partial charge in [0.2, 0.25) is 0 Å². The van der Waals surface area contributed by atoms with Gasteiger partial charge in [0.25, 0.3) is 23.6 Å². The fourth-order valence-corrected chi connectivity index (χ4v) is 8.09. The molecule has 3 aliphatic rings. The number of rotatable bonds is 28. The Hall–Kier alpha value is -2.50. The van der Waals surface area contributed by atoms with Crippen molar-refractivity contribution in [1.29, 1.82) is 0 Å². The summed E-state index contributed by atoms with van der Waals surface area (Å²) in [6.45, 7) is 5.69. The first-order chi connectivity index (χ1) is 23.4. The van der Waals surface area contributed by atoms with Gasteiger partial charge in [-0.2, -0.15) is 0 Å². The average Bonchev–Trinajstić information content (AvgIpc) is 3.58. The number of carbonyl (C=O) groups excluding carboxylic acids is 4. The van der Waals surface area contributed by atoms with Gasteiger partial charge in [-0.15, -0.1) is 0 Å². The van der Waals surface area contributed by atoms with Gasteiger partial charge in [0.1, 0.15) is 0 Å². The van der Waals surface area contributed by atoms with Crippen molar-refractivity contribution in [3.63, 3.8) is 0 Å². The van der Waals surface area contributed by atoms with Crippen molar-refractivity contribution in [3.8, 4) is 0 Å². The lowest BCUT2D eigenvalue weighted by Gasteiger charge is -2.36. The highest BCUT2D eigenvalue weighted by Crippen LogP contribution is 2.43. The topological polar surface area (TPSA) is 74.8 Å². The van der Waals surface area contributed by atoms with E-state index in [-0.39, 0.29) is 23.6 Å². The van der Waals surface area contributed by atoms with E-state index in [1.807, 2.05) is 11.1 Å². The third-order valence-electron chi connectivity index (χ3n) is 11.1. The number of unbranched alkanes of at least 4 members (excludes halogenated alkanes) is 16. The highest BCUT2D eigenvalue weighted by atomic mass is 16.2. The molecule has 48 heavy (non-hydrogen) atoms. The molecule has 0 aromatic heterocycles. The van der Waals surface area contributed by atoms with Crippen LogP contribution in [-0.2, 0) is 19.2 Å². The minimum absolute atomic E-state index is 0.162. The van der Waals surface area contributed by atoms with E-state index in [0.717, 1.165) is 37.5 Å². The number of hydrogen-bond acceptors (Lipinski definition) is 4. The number of carbonyl (C=O) groups is 4. The molecule has 0 radical (unpaired) electrons. The normalized spacial score (nSPS) is 19.6. The van der Waals surface area contributed by atoms with Crippen LogP contribution in [0.2, 0.25) is 0 Å². The molecule has 3 rings (SSSR count). The molecule has 270 valence electrons. The summed E-state index contributed by atoms with van der Waals surface area (Å²) < 4.78 is 0. The smallest absolute Gasteiger partial charge is 0.253 e. The molecule has 0 saturated heterocycles. The van der Waals surface area contributed by atoms with E-state index in [4.69, 9.17) is 0 Å². The second-order valence-corrected chi connectivity index (χ2v) is 14.9. The maximum absolute atomic E-state index is 11.9. The molecule has 2 atom stereocenters. The first-order valence-corrected chi connectivity index (χ1v) is 20.2. The van der Waals surface area contributed by atoms with Gasteiger partial charge in [0.15, 0.2) is 0 Å². The lowest BCUT2D eigenvalue weighted by atomic mass is 9.70. The summed E-state index contributed by atoms with van der Waals surface area (Å²) in [6.07, 6.45) is 38.3. The van der Waals surface area contributed by atoms with Gasteiger partial charge in [0, 0.05) is 37.4 Å². The summed E-state index contributed by atoms with van der Waals surface area (Å²) in [5.41, 5.74) is 3.64. The average molecular weight is 665 g/mol. The van der Waals surface area contributed by atoms with Gasteiger partial charge in [-0.3, -0.25) is 29.0 Å². The molecule has 6 heteroatoms. The number of allylic oxidation sites excluding steroid dienone is 2. The van der Waals surface area contributed by atoms with Crippen molar-refractivity contribution in [1.82, 2.24) is 9.80 Å². The van der Waals surface area contributed by atoms with Gasteiger partial charge in [-0.1, -0.05) is 128 Å². The van der Waals surface area contributed by atoms with E-state index in [2.05, 4.69) is 13.8 Å². The second kappa shape index (κ2) is 23.8. The number of hydrogen-bond donors (Lipinski definition) is 0. The van der Waals surface area contributed by atoms with Crippen molar-refractivity contribution in [2.75, 3.05) is 13.1 Å². The van der Waals surface area contributed by atoms with Crippen LogP contribution in [0.3, 0.4) is 0 Å². The van der Waals surface area contributed by atoms with E-state index < -0.39 is 0 Å². The van der Waals surface area contributed by atoms with Crippen molar-refractivity contribution >= 4 is 23.6 Å². The van der Waals surface area contributed by atoms with Crippen molar-refractivity contribution in [3.05, 3.63) is 35.5 Å². The highest BCUT2D eigenvalue weighted by Gasteiger charge is 2.29. The minimum atomic E-state index is -0.164. The monoisotopic (exact) mass is 665 g/mol. The predicted molar refractivity (Wildman–Crippen MR) is 197 cm³/mol. The molecule has 0 bridgehead atoms. The summed E-state index contributed by atoms with van der Waals surface area (Å²) in [5, 5.41) is 0. The van der Waals surface area contributed by atoms with Crippen LogP contribution in [0.25, 0.3) is 0 Å². The SMILES string of the molecule is CCCCCCCCC1=C(CCCCCCC)CC(CCCCCCN2C(=O)C=CC2=O)C(CCCCCCCN2C(=O)C=CC2=O)C1. The molecule has 2 unspecified atom stereocenters. The molecule has 0 spiro atoms. The molecular formula is C42H68N2O4. The second-order valence-electron chi connectivity index (χ2n) is 14.9. The Labute approximate surface area is 293 Å². The van der Waals surface area contributed by atoms with Crippen LogP contribution < -0.4 is 0 Å². The highest BCUT2D eigenvalue weighted by molar-refractivity contribution is 6.13. The quantitative estimate of drug-likeness (QED) is 0.0474. The first kappa shape index (κ1) is 39.9. The molecule has 0 saturated carbocycles. The Morgan fingerprint density at radius 1 is 0.438 bits per heavy atom. The Morgan fingerprint density at radius 2 is 0.750 bits per heavy atom. The zero-order valence-corrected chi connectivity index (χ0v) is 30.8. The Bertz CT molecular complexity index is 1050. The maximum atomic E-state index is 11.9. The summed E-state index contributed by atoms with van der Waals surface area (Å²) in [7, 11) is 0. The van der Waals surface area contributed by atoms with Crippen LogP contribution >= 0.6 is 0 Å². The number of nitrogens with zero attached hydrogens (tertiary/aromatic N) is 2. The van der Waals surface area contributed by atoms with Gasteiger partial charge in [-0.05, 0) is 76.0 Å². The molecule has 0 N–H and O–H groups in total. The van der Waals surface area contributed by atoms with E-state index in [9.17, 15) is 19.2 Å². The standard InChI is InChI=1S/C42H68N2O4/c1-3-5-7-9-12-18-24-36-34-37(25-19-13-10-15-21-31-43-39(45)27-28-40(43)46)38(33-35(36)23-17-11-8-6-4-2)26-20-14-16-22-32-44-41(47)29-30-42(44)48/h27-30,37-38H,3-26,31-34H2,1-2H3. The van der Waals surface area contributed by atoms with E-state index in [1.165, 1.54) is 175 Å². The molecule has 2 aliphatic heterocycles. The Morgan fingerprint density at radius 3 is 1.12 bits per heavy atom. The van der Waals surface area contributed by atoms with Gasteiger partial charge in [0.05, 0.1) is 0 Å². The zero-order chi connectivity index (χ0) is 34.4. The third-order valence-corrected chi connectivity index (χ3v) is 11.1. The van der Waals surface area contributed by atoms with Gasteiger partial charge >= 0.3 is 0 Å². The van der Waals surface area contributed by atoms with E-state index >= 15 is 0 Å². The molecule has 0 fully saturated rings. The largest absolute Gasteiger partial charge is 0.275 e. The number of amides is 4.